The Morgan fingerprint density at radius 1 is 1.39 bits per heavy atom. The number of aryl methyl sites for hydroxylation is 1. The van der Waals surface area contributed by atoms with Crippen LogP contribution in [0.15, 0.2) is 30.5 Å². The van der Waals surface area contributed by atoms with E-state index in [2.05, 4.69) is 29.4 Å². The maximum Gasteiger partial charge on any atom is 0.233 e. The third kappa shape index (κ3) is 3.56. The fourth-order valence-corrected chi connectivity index (χ4v) is 3.74. The molecule has 0 bridgehead atoms. The van der Waals surface area contributed by atoms with Gasteiger partial charge in [-0.3, -0.25) is 4.79 Å². The molecule has 3 rings (SSSR count). The maximum atomic E-state index is 12.0. The van der Waals surface area contributed by atoms with Gasteiger partial charge in [-0.15, -0.1) is 16.9 Å². The number of carbonyl (C=O) groups is 1. The third-order valence-corrected chi connectivity index (χ3v) is 5.13. The third-order valence-electron chi connectivity index (χ3n) is 3.91. The smallest absolute Gasteiger partial charge is 0.233 e. The van der Waals surface area contributed by atoms with Crippen molar-refractivity contribution in [3.05, 3.63) is 47.3 Å². The summed E-state index contributed by atoms with van der Waals surface area (Å²) in [6.45, 7) is 3.88. The van der Waals surface area contributed by atoms with Gasteiger partial charge in [0, 0.05) is 13.7 Å². The summed E-state index contributed by atoms with van der Waals surface area (Å²) in [4.78, 5) is 13.8. The number of methoxy groups -OCH3 is 1. The number of carbonyl (C=O) groups excluding carboxylic acids is 1. The van der Waals surface area contributed by atoms with Crippen LogP contribution < -0.4 is 0 Å². The molecule has 1 aliphatic heterocycles. The first kappa shape index (κ1) is 16.0. The van der Waals surface area contributed by atoms with E-state index in [0.717, 1.165) is 5.69 Å². The molecule has 7 heteroatoms. The lowest BCUT2D eigenvalue weighted by molar-refractivity contribution is -0.128. The zero-order chi connectivity index (χ0) is 16.2. The van der Waals surface area contributed by atoms with Crippen LogP contribution in [0.25, 0.3) is 0 Å². The van der Waals surface area contributed by atoms with Crippen molar-refractivity contribution in [1.82, 2.24) is 19.9 Å². The van der Waals surface area contributed by atoms with E-state index in [-0.39, 0.29) is 11.3 Å². The van der Waals surface area contributed by atoms with Crippen LogP contribution in [0.4, 0.5) is 0 Å². The molecule has 0 aliphatic carbocycles. The molecule has 2 heterocycles. The lowest BCUT2D eigenvalue weighted by atomic mass is 10.1. The van der Waals surface area contributed by atoms with E-state index in [1.165, 1.54) is 11.1 Å². The van der Waals surface area contributed by atoms with Crippen LogP contribution in [-0.2, 0) is 16.1 Å². The summed E-state index contributed by atoms with van der Waals surface area (Å²) >= 11 is 1.59. The lowest BCUT2D eigenvalue weighted by Crippen LogP contribution is -2.31. The second-order valence-electron chi connectivity index (χ2n) is 5.51. The number of ether oxygens (including phenoxy) is 1. The second-order valence-corrected chi connectivity index (χ2v) is 6.58. The highest BCUT2D eigenvalue weighted by molar-refractivity contribution is 8.00. The highest BCUT2D eigenvalue weighted by atomic mass is 32.2. The minimum absolute atomic E-state index is 0.0664. The number of rotatable bonds is 6. The first-order chi connectivity index (χ1) is 11.2. The molecule has 1 amide bonds. The van der Waals surface area contributed by atoms with Crippen molar-refractivity contribution in [2.24, 2.45) is 0 Å². The minimum atomic E-state index is -0.0664. The molecular weight excluding hydrogens is 312 g/mol. The number of amides is 1. The Balaban J connectivity index is 1.73. The van der Waals surface area contributed by atoms with Crippen LogP contribution in [0.2, 0.25) is 0 Å². The van der Waals surface area contributed by atoms with Crippen LogP contribution >= 0.6 is 11.8 Å². The van der Waals surface area contributed by atoms with E-state index in [1.807, 2.05) is 27.9 Å². The molecular formula is C16H20N4O2S. The second kappa shape index (κ2) is 7.14. The average molecular weight is 332 g/mol. The Morgan fingerprint density at radius 3 is 3.00 bits per heavy atom. The number of nitrogens with zero attached hydrogens (tertiary/aromatic N) is 4. The normalized spacial score (nSPS) is 17.9. The summed E-state index contributed by atoms with van der Waals surface area (Å²) in [5, 5.41) is 8.43. The van der Waals surface area contributed by atoms with Gasteiger partial charge in [0.1, 0.15) is 11.1 Å². The van der Waals surface area contributed by atoms with Gasteiger partial charge >= 0.3 is 0 Å². The topological polar surface area (TPSA) is 60.2 Å². The maximum absolute atomic E-state index is 12.0. The van der Waals surface area contributed by atoms with E-state index < -0.39 is 0 Å². The van der Waals surface area contributed by atoms with Crippen LogP contribution in [0.5, 0.6) is 0 Å². The van der Waals surface area contributed by atoms with Crippen LogP contribution in [0, 0.1) is 6.92 Å². The predicted molar refractivity (Wildman–Crippen MR) is 89.1 cm³/mol. The fraction of sp³-hybridized carbons (Fsp3) is 0.438. The number of thioether (sulfide) groups is 1. The number of aromatic nitrogens is 3. The van der Waals surface area contributed by atoms with Gasteiger partial charge in [-0.25, -0.2) is 4.68 Å². The molecule has 1 aromatic carbocycles. The van der Waals surface area contributed by atoms with E-state index in [9.17, 15) is 4.79 Å². The predicted octanol–water partition coefficient (Wildman–Crippen LogP) is 1.86. The van der Waals surface area contributed by atoms with E-state index in [1.54, 1.807) is 18.9 Å². The lowest BCUT2D eigenvalue weighted by Gasteiger charge is -2.21. The first-order valence-electron chi connectivity index (χ1n) is 7.53. The number of benzene rings is 1. The van der Waals surface area contributed by atoms with Crippen LogP contribution in [0.3, 0.4) is 0 Å². The van der Waals surface area contributed by atoms with Crippen molar-refractivity contribution in [3.63, 3.8) is 0 Å². The van der Waals surface area contributed by atoms with Gasteiger partial charge < -0.3 is 9.64 Å². The van der Waals surface area contributed by atoms with Crippen molar-refractivity contribution >= 4 is 17.7 Å². The SMILES string of the molecule is COCCN1C(=O)CS[C@H]1c1cn(Cc2ccccc2C)nn1. The number of hydrogen-bond acceptors (Lipinski definition) is 5. The molecule has 1 aromatic heterocycles. The van der Waals surface area contributed by atoms with Gasteiger partial charge in [0.15, 0.2) is 0 Å². The summed E-state index contributed by atoms with van der Waals surface area (Å²) in [5.41, 5.74) is 3.28. The van der Waals surface area contributed by atoms with Gasteiger partial charge in [-0.05, 0) is 18.1 Å². The zero-order valence-corrected chi connectivity index (χ0v) is 14.1. The molecule has 1 aliphatic rings. The Kier molecular flexibility index (Phi) is 4.97. The molecule has 6 nitrogen and oxygen atoms in total. The van der Waals surface area contributed by atoms with Gasteiger partial charge in [0.05, 0.1) is 25.1 Å². The zero-order valence-electron chi connectivity index (χ0n) is 13.3. The van der Waals surface area contributed by atoms with Gasteiger partial charge in [0.2, 0.25) is 5.91 Å². The molecule has 0 spiro atoms. The molecule has 1 atom stereocenters. The Labute approximate surface area is 139 Å². The minimum Gasteiger partial charge on any atom is -0.383 e. The quantitative estimate of drug-likeness (QED) is 0.808. The van der Waals surface area contributed by atoms with Crippen molar-refractivity contribution in [1.29, 1.82) is 0 Å². The van der Waals surface area contributed by atoms with E-state index in [4.69, 9.17) is 4.74 Å². The summed E-state index contributed by atoms with van der Waals surface area (Å²) in [5.74, 6) is 0.615. The van der Waals surface area contributed by atoms with Gasteiger partial charge in [0.25, 0.3) is 0 Å². The molecule has 0 saturated carbocycles. The van der Waals surface area contributed by atoms with Crippen molar-refractivity contribution in [2.45, 2.75) is 18.8 Å². The molecule has 2 aromatic rings. The largest absolute Gasteiger partial charge is 0.383 e. The molecule has 0 radical (unpaired) electrons. The highest BCUT2D eigenvalue weighted by Gasteiger charge is 2.34. The first-order valence-corrected chi connectivity index (χ1v) is 8.58. The summed E-state index contributed by atoms with van der Waals surface area (Å²) in [7, 11) is 1.64. The molecule has 0 unspecified atom stereocenters. The van der Waals surface area contributed by atoms with E-state index >= 15 is 0 Å². The highest BCUT2D eigenvalue weighted by Crippen LogP contribution is 2.37. The molecule has 122 valence electrons. The Bertz CT molecular complexity index is 688. The molecule has 1 saturated heterocycles. The Hall–Kier alpha value is -1.86. The monoisotopic (exact) mass is 332 g/mol. The van der Waals surface area contributed by atoms with E-state index in [0.29, 0.717) is 25.4 Å². The van der Waals surface area contributed by atoms with Crippen LogP contribution in [0.1, 0.15) is 22.2 Å². The summed E-state index contributed by atoms with van der Waals surface area (Å²) in [6, 6.07) is 8.23. The standard InChI is InChI=1S/C16H20N4O2S/c1-12-5-3-4-6-13(12)9-19-10-14(17-18-19)16-20(7-8-22-2)15(21)11-23-16/h3-6,10,16H,7-9,11H2,1-2H3/t16-/m0/s1. The Morgan fingerprint density at radius 2 is 2.22 bits per heavy atom. The van der Waals surface area contributed by atoms with Gasteiger partial charge in [-0.1, -0.05) is 29.5 Å². The summed E-state index contributed by atoms with van der Waals surface area (Å²) < 4.78 is 6.92. The molecule has 23 heavy (non-hydrogen) atoms. The molecule has 1 fully saturated rings. The number of hydrogen-bond donors (Lipinski definition) is 0. The molecule has 0 N–H and O–H groups in total. The van der Waals surface area contributed by atoms with Gasteiger partial charge in [-0.2, -0.15) is 0 Å². The van der Waals surface area contributed by atoms with Crippen molar-refractivity contribution < 1.29 is 9.53 Å². The average Bonchev–Trinajstić information content (AvgIpc) is 3.14. The fourth-order valence-electron chi connectivity index (χ4n) is 2.60. The van der Waals surface area contributed by atoms with Crippen molar-refractivity contribution in [2.75, 3.05) is 26.0 Å². The van der Waals surface area contributed by atoms with Crippen LogP contribution in [-0.4, -0.2) is 51.8 Å². The van der Waals surface area contributed by atoms with Crippen molar-refractivity contribution in [3.8, 4) is 0 Å². The summed E-state index contributed by atoms with van der Waals surface area (Å²) in [6.07, 6.45) is 1.93.